The van der Waals surface area contributed by atoms with Crippen molar-refractivity contribution in [3.8, 4) is 0 Å². The SMILES string of the molecule is Cc1ccsc1CNCCNC(=O)c1nonc1N.[Cl-]. The number of nitrogens with one attached hydrogen (secondary N) is 2. The second kappa shape index (κ2) is 7.83. The minimum atomic E-state index is -0.382. The smallest absolute Gasteiger partial charge is 0.277 e. The molecule has 7 nitrogen and oxygen atoms in total. The first-order valence-corrected chi connectivity index (χ1v) is 6.66. The predicted molar refractivity (Wildman–Crippen MR) is 71.8 cm³/mol. The number of rotatable bonds is 6. The molecule has 0 saturated heterocycles. The summed E-state index contributed by atoms with van der Waals surface area (Å²) in [6.07, 6.45) is 0. The largest absolute Gasteiger partial charge is 1.00 e. The summed E-state index contributed by atoms with van der Waals surface area (Å²) in [5.41, 5.74) is 6.71. The van der Waals surface area contributed by atoms with Gasteiger partial charge in [0.15, 0.2) is 0 Å². The monoisotopic (exact) mass is 316 g/mol. The van der Waals surface area contributed by atoms with Crippen LogP contribution in [0.2, 0.25) is 0 Å². The van der Waals surface area contributed by atoms with Crippen LogP contribution >= 0.6 is 11.3 Å². The van der Waals surface area contributed by atoms with E-state index in [1.165, 1.54) is 10.4 Å². The van der Waals surface area contributed by atoms with Crippen LogP contribution in [0, 0.1) is 6.92 Å². The van der Waals surface area contributed by atoms with Crippen LogP contribution in [0.15, 0.2) is 16.1 Å². The number of hydrogen-bond donors (Lipinski definition) is 3. The van der Waals surface area contributed by atoms with E-state index in [1.54, 1.807) is 11.3 Å². The number of aromatic nitrogens is 2. The van der Waals surface area contributed by atoms with Gasteiger partial charge in [-0.05, 0) is 34.2 Å². The molecule has 0 bridgehead atoms. The summed E-state index contributed by atoms with van der Waals surface area (Å²) in [6.45, 7) is 4.02. The van der Waals surface area contributed by atoms with E-state index < -0.39 is 0 Å². The molecule has 0 aromatic carbocycles. The molecular weight excluding hydrogens is 302 g/mol. The molecule has 0 atom stereocenters. The van der Waals surface area contributed by atoms with Gasteiger partial charge in [0.2, 0.25) is 11.5 Å². The van der Waals surface area contributed by atoms with Crippen molar-refractivity contribution in [2.24, 2.45) is 0 Å². The van der Waals surface area contributed by atoms with Gasteiger partial charge in [0, 0.05) is 24.5 Å². The zero-order valence-electron chi connectivity index (χ0n) is 10.9. The molecule has 4 N–H and O–H groups in total. The lowest BCUT2D eigenvalue weighted by molar-refractivity contribution is -0.0000129. The van der Waals surface area contributed by atoms with Gasteiger partial charge in [-0.1, -0.05) is 0 Å². The maximum atomic E-state index is 11.6. The fraction of sp³-hybridized carbons (Fsp3) is 0.364. The summed E-state index contributed by atoms with van der Waals surface area (Å²) in [6, 6.07) is 2.09. The standard InChI is InChI=1S/C11H15N5O2S.ClH/c1-7-2-5-19-8(7)6-13-3-4-14-11(17)9-10(12)16-18-15-9;/h2,5,13H,3-4,6H2,1H3,(H2,12,16)(H,14,17);1H/p-1. The van der Waals surface area contributed by atoms with Crippen LogP contribution in [0.5, 0.6) is 0 Å². The molecule has 2 aromatic heterocycles. The highest BCUT2D eigenvalue weighted by molar-refractivity contribution is 7.10. The summed E-state index contributed by atoms with van der Waals surface area (Å²) in [5, 5.41) is 14.8. The van der Waals surface area contributed by atoms with Crippen LogP contribution in [0.25, 0.3) is 0 Å². The van der Waals surface area contributed by atoms with Crippen LogP contribution in [0.1, 0.15) is 20.9 Å². The molecule has 1 amide bonds. The molecule has 0 unspecified atom stereocenters. The summed E-state index contributed by atoms with van der Waals surface area (Å²) < 4.78 is 4.36. The number of anilines is 1. The molecule has 110 valence electrons. The number of nitrogens with two attached hydrogens (primary N) is 1. The van der Waals surface area contributed by atoms with E-state index in [0.717, 1.165) is 6.54 Å². The van der Waals surface area contributed by atoms with Crippen LogP contribution in [-0.2, 0) is 6.54 Å². The van der Waals surface area contributed by atoms with E-state index in [9.17, 15) is 4.79 Å². The van der Waals surface area contributed by atoms with Gasteiger partial charge in [0.05, 0.1) is 0 Å². The van der Waals surface area contributed by atoms with E-state index in [2.05, 4.69) is 43.9 Å². The first-order chi connectivity index (χ1) is 9.18. The second-order valence-electron chi connectivity index (χ2n) is 3.96. The molecule has 0 radical (unpaired) electrons. The lowest BCUT2D eigenvalue weighted by atomic mass is 10.3. The molecule has 20 heavy (non-hydrogen) atoms. The quantitative estimate of drug-likeness (QED) is 0.511. The number of thiophene rings is 1. The Morgan fingerprint density at radius 1 is 1.45 bits per heavy atom. The van der Waals surface area contributed by atoms with Crippen molar-refractivity contribution in [2.75, 3.05) is 18.8 Å². The first kappa shape index (κ1) is 16.4. The Labute approximate surface area is 126 Å². The maximum absolute atomic E-state index is 11.6. The van der Waals surface area contributed by atoms with Gasteiger partial charge in [-0.15, -0.1) is 11.3 Å². The molecule has 0 spiro atoms. The Morgan fingerprint density at radius 3 is 2.85 bits per heavy atom. The molecule has 9 heteroatoms. The number of carbonyl (C=O) groups excluding carboxylic acids is 1. The third kappa shape index (κ3) is 4.19. The Balaban J connectivity index is 0.00000200. The molecule has 0 aliphatic heterocycles. The Morgan fingerprint density at radius 2 is 2.25 bits per heavy atom. The van der Waals surface area contributed by atoms with Crippen molar-refractivity contribution in [2.45, 2.75) is 13.5 Å². The van der Waals surface area contributed by atoms with Crippen molar-refractivity contribution < 1.29 is 21.8 Å². The number of aryl methyl sites for hydroxylation is 1. The number of hydrogen-bond acceptors (Lipinski definition) is 7. The van der Waals surface area contributed by atoms with E-state index in [0.29, 0.717) is 13.1 Å². The van der Waals surface area contributed by atoms with Crippen LogP contribution in [0.4, 0.5) is 5.82 Å². The highest BCUT2D eigenvalue weighted by Crippen LogP contribution is 2.14. The van der Waals surface area contributed by atoms with E-state index >= 15 is 0 Å². The molecule has 2 heterocycles. The fourth-order valence-corrected chi connectivity index (χ4v) is 2.36. The van der Waals surface area contributed by atoms with Gasteiger partial charge >= 0.3 is 0 Å². The van der Waals surface area contributed by atoms with Gasteiger partial charge in [-0.3, -0.25) is 4.79 Å². The highest BCUT2D eigenvalue weighted by Gasteiger charge is 2.14. The van der Waals surface area contributed by atoms with Crippen molar-refractivity contribution >= 4 is 23.1 Å². The topological polar surface area (TPSA) is 106 Å². The molecule has 0 aliphatic rings. The van der Waals surface area contributed by atoms with E-state index in [4.69, 9.17) is 5.73 Å². The van der Waals surface area contributed by atoms with Crippen LogP contribution in [0.3, 0.4) is 0 Å². The van der Waals surface area contributed by atoms with Crippen molar-refractivity contribution in [1.29, 1.82) is 0 Å². The van der Waals surface area contributed by atoms with Gasteiger partial charge in [-0.2, -0.15) is 0 Å². The summed E-state index contributed by atoms with van der Waals surface area (Å²) in [5.74, 6) is -0.382. The normalized spacial score (nSPS) is 10.1. The highest BCUT2D eigenvalue weighted by atomic mass is 35.5. The van der Waals surface area contributed by atoms with E-state index in [-0.39, 0.29) is 29.8 Å². The predicted octanol–water partition coefficient (Wildman–Crippen LogP) is -2.45. The molecule has 0 fully saturated rings. The zero-order chi connectivity index (χ0) is 13.7. The number of carbonyl (C=O) groups is 1. The zero-order valence-corrected chi connectivity index (χ0v) is 12.4. The fourth-order valence-electron chi connectivity index (χ4n) is 1.49. The van der Waals surface area contributed by atoms with Crippen LogP contribution < -0.4 is 28.8 Å². The number of amides is 1. The summed E-state index contributed by atoms with van der Waals surface area (Å²) in [7, 11) is 0. The average Bonchev–Trinajstić information content (AvgIpc) is 2.98. The van der Waals surface area contributed by atoms with E-state index in [1.807, 2.05) is 0 Å². The maximum Gasteiger partial charge on any atom is 0.277 e. The second-order valence-corrected chi connectivity index (χ2v) is 4.96. The third-order valence-corrected chi connectivity index (χ3v) is 3.59. The van der Waals surface area contributed by atoms with Gasteiger partial charge < -0.3 is 28.8 Å². The Bertz CT molecular complexity index is 557. The molecule has 2 aromatic rings. The lowest BCUT2D eigenvalue weighted by Crippen LogP contribution is -3.00. The van der Waals surface area contributed by atoms with Gasteiger partial charge in [0.25, 0.3) is 5.91 Å². The number of halogens is 1. The minimum Gasteiger partial charge on any atom is -1.00 e. The lowest BCUT2D eigenvalue weighted by Gasteiger charge is -2.05. The molecule has 2 rings (SSSR count). The van der Waals surface area contributed by atoms with Gasteiger partial charge in [0.1, 0.15) is 0 Å². The average molecular weight is 317 g/mol. The number of nitrogen functional groups attached to an aromatic ring is 1. The summed E-state index contributed by atoms with van der Waals surface area (Å²) in [4.78, 5) is 12.9. The third-order valence-electron chi connectivity index (χ3n) is 2.57. The molecular formula is C11H15ClN5O2S-. The minimum absolute atomic E-state index is 0. The molecule has 0 saturated carbocycles. The first-order valence-electron chi connectivity index (χ1n) is 5.78. The Kier molecular flexibility index (Phi) is 6.43. The van der Waals surface area contributed by atoms with Crippen LogP contribution in [-0.4, -0.2) is 29.3 Å². The Hall–Kier alpha value is -1.64. The van der Waals surface area contributed by atoms with Crippen molar-refractivity contribution in [1.82, 2.24) is 20.9 Å². The van der Waals surface area contributed by atoms with Gasteiger partial charge in [-0.25, -0.2) is 4.63 Å². The number of nitrogens with zero attached hydrogens (tertiary/aromatic N) is 2. The van der Waals surface area contributed by atoms with Crippen molar-refractivity contribution in [3.63, 3.8) is 0 Å². The molecule has 0 aliphatic carbocycles. The summed E-state index contributed by atoms with van der Waals surface area (Å²) >= 11 is 1.72. The van der Waals surface area contributed by atoms with Crippen molar-refractivity contribution in [3.05, 3.63) is 27.6 Å².